The van der Waals surface area contributed by atoms with E-state index in [4.69, 9.17) is 0 Å². The minimum Gasteiger partial charge on any atom is -0.269 e. The van der Waals surface area contributed by atoms with Gasteiger partial charge in [0.2, 0.25) is 0 Å². The van der Waals surface area contributed by atoms with Gasteiger partial charge in [0.1, 0.15) is 5.41 Å². The Morgan fingerprint density at radius 3 is 1.79 bits per heavy atom. The van der Waals surface area contributed by atoms with Crippen molar-refractivity contribution in [3.05, 3.63) is 0 Å². The summed E-state index contributed by atoms with van der Waals surface area (Å²) < 4.78 is 92.6. The molecule has 1 rings (SSSR count). The number of alkyl halides is 7. The molecule has 116 valence electrons. The van der Waals surface area contributed by atoms with Crippen molar-refractivity contribution < 1.29 is 35.4 Å². The van der Waals surface area contributed by atoms with Crippen molar-refractivity contribution in [2.45, 2.75) is 51.6 Å². The minimum absolute atomic E-state index is 0. The van der Waals surface area contributed by atoms with Gasteiger partial charge in [-0.15, -0.1) is 0 Å². The fourth-order valence-electron chi connectivity index (χ4n) is 2.68. The standard InChI is InChI=1S/C11H15F7.FH/c1-6-4-7(9(3,12)13)10(14,15)8(2,5-6)11(16,17)18;/h6-7H,4-5H2,1-3H3;1H. The lowest BCUT2D eigenvalue weighted by atomic mass is 9.62. The molecule has 0 aromatic heterocycles. The normalized spacial score (nSPS) is 35.7. The van der Waals surface area contributed by atoms with Crippen LogP contribution in [0.1, 0.15) is 33.6 Å². The van der Waals surface area contributed by atoms with Gasteiger partial charge in [0, 0.05) is 0 Å². The van der Waals surface area contributed by atoms with Crippen LogP contribution >= 0.6 is 0 Å². The molecule has 1 fully saturated rings. The first-order chi connectivity index (χ1) is 7.73. The third-order valence-electron chi connectivity index (χ3n) is 3.81. The third kappa shape index (κ3) is 2.81. The summed E-state index contributed by atoms with van der Waals surface area (Å²) in [5.74, 6) is -11.7. The Kier molecular flexibility index (Phi) is 4.63. The lowest BCUT2D eigenvalue weighted by Gasteiger charge is -2.49. The van der Waals surface area contributed by atoms with Crippen molar-refractivity contribution in [2.75, 3.05) is 0 Å². The molecular weight excluding hydrogens is 284 g/mol. The zero-order chi connectivity index (χ0) is 14.6. The van der Waals surface area contributed by atoms with Gasteiger partial charge in [0.05, 0.1) is 5.92 Å². The van der Waals surface area contributed by atoms with E-state index < -0.39 is 48.1 Å². The summed E-state index contributed by atoms with van der Waals surface area (Å²) in [5, 5.41) is 0. The average Bonchev–Trinajstić information content (AvgIpc) is 2.07. The average molecular weight is 300 g/mol. The number of halogens is 8. The minimum atomic E-state index is -5.21. The number of hydrogen-bond acceptors (Lipinski definition) is 0. The molecule has 0 amide bonds. The van der Waals surface area contributed by atoms with Crippen molar-refractivity contribution >= 4 is 0 Å². The molecule has 0 N–H and O–H groups in total. The summed E-state index contributed by atoms with van der Waals surface area (Å²) in [6.45, 7) is 1.87. The van der Waals surface area contributed by atoms with Gasteiger partial charge in [-0.2, -0.15) is 13.2 Å². The molecule has 3 atom stereocenters. The summed E-state index contributed by atoms with van der Waals surface area (Å²) in [6, 6.07) is 0. The SMILES string of the molecule is CC1CC(C(C)(F)F)C(F)(F)C(C)(C(F)(F)F)C1.F. The van der Waals surface area contributed by atoms with Crippen LogP contribution in [0.4, 0.5) is 35.4 Å². The van der Waals surface area contributed by atoms with Crippen LogP contribution in [0.2, 0.25) is 0 Å². The van der Waals surface area contributed by atoms with E-state index in [9.17, 15) is 30.7 Å². The zero-order valence-corrected chi connectivity index (χ0v) is 10.6. The molecule has 0 aromatic rings. The summed E-state index contributed by atoms with van der Waals surface area (Å²) in [6.07, 6.45) is -6.66. The van der Waals surface area contributed by atoms with E-state index in [0.717, 1.165) is 0 Å². The van der Waals surface area contributed by atoms with Crippen LogP contribution in [0.15, 0.2) is 0 Å². The Balaban J connectivity index is 0.00000324. The Bertz CT molecular complexity index is 316. The van der Waals surface area contributed by atoms with Crippen LogP contribution in [0.3, 0.4) is 0 Å². The van der Waals surface area contributed by atoms with E-state index in [-0.39, 0.29) is 11.6 Å². The highest BCUT2D eigenvalue weighted by Crippen LogP contribution is 2.62. The lowest BCUT2D eigenvalue weighted by Crippen LogP contribution is -2.61. The van der Waals surface area contributed by atoms with Crippen molar-refractivity contribution in [3.8, 4) is 0 Å². The molecule has 0 saturated heterocycles. The fraction of sp³-hybridized carbons (Fsp3) is 1.00. The molecule has 1 aliphatic carbocycles. The highest BCUT2D eigenvalue weighted by molar-refractivity contribution is 5.05. The molecule has 0 nitrogen and oxygen atoms in total. The Labute approximate surface area is 105 Å². The largest absolute Gasteiger partial charge is 0.400 e. The molecule has 1 aliphatic rings. The van der Waals surface area contributed by atoms with Crippen molar-refractivity contribution in [3.63, 3.8) is 0 Å². The van der Waals surface area contributed by atoms with Gasteiger partial charge < -0.3 is 0 Å². The molecule has 0 radical (unpaired) electrons. The molecule has 0 heterocycles. The first kappa shape index (κ1) is 18.4. The third-order valence-corrected chi connectivity index (χ3v) is 3.81. The summed E-state index contributed by atoms with van der Waals surface area (Å²) in [4.78, 5) is 0. The van der Waals surface area contributed by atoms with Gasteiger partial charge in [-0.05, 0) is 32.6 Å². The first-order valence-corrected chi connectivity index (χ1v) is 5.56. The second kappa shape index (κ2) is 4.77. The summed E-state index contributed by atoms with van der Waals surface area (Å²) >= 11 is 0. The number of rotatable bonds is 1. The van der Waals surface area contributed by atoms with Crippen LogP contribution in [0.5, 0.6) is 0 Å². The second-order valence-corrected chi connectivity index (χ2v) is 5.51. The van der Waals surface area contributed by atoms with Crippen molar-refractivity contribution in [1.82, 2.24) is 0 Å². The molecule has 19 heavy (non-hydrogen) atoms. The molecule has 0 spiro atoms. The van der Waals surface area contributed by atoms with E-state index in [1.54, 1.807) is 0 Å². The Morgan fingerprint density at radius 1 is 1.05 bits per heavy atom. The van der Waals surface area contributed by atoms with Gasteiger partial charge >= 0.3 is 6.18 Å². The Hall–Kier alpha value is -0.560. The molecule has 1 saturated carbocycles. The van der Waals surface area contributed by atoms with E-state index in [2.05, 4.69) is 0 Å². The first-order valence-electron chi connectivity index (χ1n) is 5.56. The van der Waals surface area contributed by atoms with Crippen molar-refractivity contribution in [2.24, 2.45) is 17.3 Å². The molecular formula is C11H16F8. The summed E-state index contributed by atoms with van der Waals surface area (Å²) in [5.41, 5.74) is -3.40. The van der Waals surface area contributed by atoms with E-state index >= 15 is 0 Å². The van der Waals surface area contributed by atoms with Crippen LogP contribution < -0.4 is 0 Å². The Morgan fingerprint density at radius 2 is 1.47 bits per heavy atom. The smallest absolute Gasteiger partial charge is 0.269 e. The lowest BCUT2D eigenvalue weighted by molar-refractivity contribution is -0.342. The predicted molar refractivity (Wildman–Crippen MR) is 54.1 cm³/mol. The molecule has 3 unspecified atom stereocenters. The van der Waals surface area contributed by atoms with Crippen LogP contribution in [-0.2, 0) is 0 Å². The highest BCUT2D eigenvalue weighted by Gasteiger charge is 2.73. The van der Waals surface area contributed by atoms with Crippen LogP contribution in [0, 0.1) is 17.3 Å². The number of hydrogen-bond donors (Lipinski definition) is 0. The van der Waals surface area contributed by atoms with Gasteiger partial charge in [-0.25, -0.2) is 17.6 Å². The highest BCUT2D eigenvalue weighted by atomic mass is 19.4. The fourth-order valence-corrected chi connectivity index (χ4v) is 2.68. The maximum atomic E-state index is 13.9. The maximum Gasteiger partial charge on any atom is 0.400 e. The molecule has 0 aromatic carbocycles. The van der Waals surface area contributed by atoms with E-state index in [1.807, 2.05) is 0 Å². The van der Waals surface area contributed by atoms with Gasteiger partial charge in [0.25, 0.3) is 11.8 Å². The maximum absolute atomic E-state index is 13.9. The van der Waals surface area contributed by atoms with Crippen molar-refractivity contribution in [1.29, 1.82) is 0 Å². The van der Waals surface area contributed by atoms with Gasteiger partial charge in [0.15, 0.2) is 0 Å². The van der Waals surface area contributed by atoms with Gasteiger partial charge in [-0.1, -0.05) is 6.92 Å². The molecule has 0 bridgehead atoms. The second-order valence-electron chi connectivity index (χ2n) is 5.51. The predicted octanol–water partition coefficient (Wildman–Crippen LogP) is 5.04. The van der Waals surface area contributed by atoms with Crippen LogP contribution in [0.25, 0.3) is 0 Å². The van der Waals surface area contributed by atoms with Crippen LogP contribution in [-0.4, -0.2) is 18.0 Å². The van der Waals surface area contributed by atoms with E-state index in [1.165, 1.54) is 6.92 Å². The molecule has 8 heteroatoms. The summed E-state index contributed by atoms with van der Waals surface area (Å²) in [7, 11) is 0. The monoisotopic (exact) mass is 300 g/mol. The van der Waals surface area contributed by atoms with Gasteiger partial charge in [-0.3, -0.25) is 4.70 Å². The molecule has 0 aliphatic heterocycles. The quantitative estimate of drug-likeness (QED) is 0.595. The topological polar surface area (TPSA) is 0 Å². The zero-order valence-electron chi connectivity index (χ0n) is 10.6. The van der Waals surface area contributed by atoms with E-state index in [0.29, 0.717) is 6.92 Å².